The molecule has 0 saturated heterocycles. The lowest BCUT2D eigenvalue weighted by Gasteiger charge is -2.13. The summed E-state index contributed by atoms with van der Waals surface area (Å²) in [6.07, 6.45) is 3.76. The zero-order valence-corrected chi connectivity index (χ0v) is 19.1. The molecule has 170 valence electrons. The summed E-state index contributed by atoms with van der Waals surface area (Å²) in [4.78, 5) is 29.8. The maximum atomic E-state index is 13.0. The maximum Gasteiger partial charge on any atom is 0.380 e. The molecule has 1 N–H and O–H groups in total. The van der Waals surface area contributed by atoms with Crippen molar-refractivity contribution in [1.82, 2.24) is 10.4 Å². The number of furan rings is 1. The molecule has 0 spiro atoms. The van der Waals surface area contributed by atoms with Gasteiger partial charge in [0.2, 0.25) is 5.76 Å². The summed E-state index contributed by atoms with van der Waals surface area (Å²) in [7, 11) is 0. The molecule has 5 rings (SSSR count). The highest BCUT2D eigenvalue weighted by atomic mass is 35.5. The van der Waals surface area contributed by atoms with E-state index in [1.54, 1.807) is 49.5 Å². The monoisotopic (exact) mass is 473 g/mol. The molecule has 4 aromatic rings. The van der Waals surface area contributed by atoms with E-state index in [-0.39, 0.29) is 11.7 Å². The van der Waals surface area contributed by atoms with Crippen molar-refractivity contribution in [3.63, 3.8) is 0 Å². The van der Waals surface area contributed by atoms with Gasteiger partial charge in [-0.25, -0.2) is 10.2 Å². The fraction of sp³-hybridized carbons (Fsp3) is 0.154. The molecule has 0 aliphatic heterocycles. The van der Waals surface area contributed by atoms with E-state index in [4.69, 9.17) is 20.8 Å². The van der Waals surface area contributed by atoms with Gasteiger partial charge in [-0.05, 0) is 56.2 Å². The number of para-hydroxylation sites is 1. The first-order chi connectivity index (χ1) is 16.5. The number of aryl methyl sites for hydroxylation is 1. The van der Waals surface area contributed by atoms with E-state index in [1.807, 2.05) is 18.2 Å². The van der Waals surface area contributed by atoms with Gasteiger partial charge in [0.15, 0.2) is 5.75 Å². The molecule has 8 heteroatoms. The summed E-state index contributed by atoms with van der Waals surface area (Å²) < 4.78 is 11.6. The zero-order chi connectivity index (χ0) is 23.7. The van der Waals surface area contributed by atoms with Crippen LogP contribution in [-0.4, -0.2) is 22.6 Å². The van der Waals surface area contributed by atoms with Gasteiger partial charge in [-0.3, -0.25) is 9.78 Å². The largest absolute Gasteiger partial charge is 0.453 e. The van der Waals surface area contributed by atoms with Crippen molar-refractivity contribution < 1.29 is 18.7 Å². The molecule has 0 unspecified atom stereocenters. The first-order valence-electron chi connectivity index (χ1n) is 10.8. The lowest BCUT2D eigenvalue weighted by atomic mass is 9.93. The number of amides is 1. The van der Waals surface area contributed by atoms with E-state index < -0.39 is 5.97 Å². The number of hydrogen-bond acceptors (Lipinski definition) is 6. The van der Waals surface area contributed by atoms with Gasteiger partial charge in [-0.2, -0.15) is 5.10 Å². The number of carbonyl (C=O) groups excluding carboxylic acids is 2. The summed E-state index contributed by atoms with van der Waals surface area (Å²) in [6.45, 7) is 1.79. The number of pyridine rings is 1. The number of fused-ring (bicyclic) bond motifs is 2. The van der Waals surface area contributed by atoms with Gasteiger partial charge in [-0.15, -0.1) is 0 Å². The Kier molecular flexibility index (Phi) is 5.86. The summed E-state index contributed by atoms with van der Waals surface area (Å²) in [5.41, 5.74) is 5.67. The number of hydrazone groups is 1. The first-order valence-corrected chi connectivity index (χ1v) is 11.2. The third-order valence-electron chi connectivity index (χ3n) is 5.71. The number of carbonyl (C=O) groups is 2. The number of nitrogens with zero attached hydrogens (tertiary/aromatic N) is 2. The van der Waals surface area contributed by atoms with Gasteiger partial charge in [0, 0.05) is 39.7 Å². The Morgan fingerprint density at radius 1 is 1.09 bits per heavy atom. The molecule has 0 radical (unpaired) electrons. The van der Waals surface area contributed by atoms with Gasteiger partial charge in [0.1, 0.15) is 11.3 Å². The highest BCUT2D eigenvalue weighted by molar-refractivity contribution is 6.30. The summed E-state index contributed by atoms with van der Waals surface area (Å²) in [5.74, 6) is 0.193. The van der Waals surface area contributed by atoms with Gasteiger partial charge < -0.3 is 9.15 Å². The number of nitrogens with one attached hydrogen (secondary N) is 1. The van der Waals surface area contributed by atoms with Crippen molar-refractivity contribution in [2.24, 2.45) is 5.10 Å². The van der Waals surface area contributed by atoms with Crippen LogP contribution in [0, 0.1) is 6.92 Å². The number of esters is 1. The van der Waals surface area contributed by atoms with E-state index in [2.05, 4.69) is 15.5 Å². The highest BCUT2D eigenvalue weighted by Crippen LogP contribution is 2.31. The van der Waals surface area contributed by atoms with Crippen molar-refractivity contribution >= 4 is 40.1 Å². The summed E-state index contributed by atoms with van der Waals surface area (Å²) in [6, 6.07) is 15.7. The Bertz CT molecular complexity index is 1440. The van der Waals surface area contributed by atoms with Crippen LogP contribution in [0.5, 0.6) is 5.75 Å². The molecular weight excluding hydrogens is 454 g/mol. The fourth-order valence-electron chi connectivity index (χ4n) is 4.06. The summed E-state index contributed by atoms with van der Waals surface area (Å²) >= 11 is 5.89. The van der Waals surface area contributed by atoms with E-state index in [1.165, 1.54) is 0 Å². The van der Waals surface area contributed by atoms with Crippen LogP contribution in [0.2, 0.25) is 5.02 Å². The van der Waals surface area contributed by atoms with Crippen molar-refractivity contribution in [3.05, 3.63) is 94.0 Å². The van der Waals surface area contributed by atoms with E-state index in [0.29, 0.717) is 51.7 Å². The molecular formula is C26H20ClN3O4. The Labute approximate surface area is 200 Å². The van der Waals surface area contributed by atoms with Gasteiger partial charge in [0.05, 0.1) is 5.71 Å². The second-order valence-electron chi connectivity index (χ2n) is 7.94. The second-order valence-corrected chi connectivity index (χ2v) is 8.37. The molecule has 7 nitrogen and oxygen atoms in total. The molecule has 1 aliphatic rings. The number of benzene rings is 2. The average molecular weight is 474 g/mol. The molecule has 0 atom stereocenters. The van der Waals surface area contributed by atoms with Gasteiger partial charge in [0.25, 0.3) is 5.91 Å². The van der Waals surface area contributed by atoms with E-state index in [0.717, 1.165) is 17.4 Å². The first kappa shape index (κ1) is 21.9. The minimum absolute atomic E-state index is 0.122. The lowest BCUT2D eigenvalue weighted by molar-refractivity contribution is 0.0700. The Hall–Kier alpha value is -3.97. The Morgan fingerprint density at radius 3 is 2.71 bits per heavy atom. The van der Waals surface area contributed by atoms with Crippen LogP contribution in [0.4, 0.5) is 0 Å². The van der Waals surface area contributed by atoms with Crippen LogP contribution >= 0.6 is 11.6 Å². The normalized spacial score (nSPS) is 14.1. The number of halogens is 1. The molecule has 2 aromatic heterocycles. The van der Waals surface area contributed by atoms with Crippen molar-refractivity contribution in [2.45, 2.75) is 26.2 Å². The van der Waals surface area contributed by atoms with Crippen LogP contribution in [0.3, 0.4) is 0 Å². The molecule has 2 aromatic carbocycles. The van der Waals surface area contributed by atoms with Crippen molar-refractivity contribution in [2.75, 3.05) is 0 Å². The number of ether oxygens (including phenoxy) is 1. The van der Waals surface area contributed by atoms with Crippen LogP contribution < -0.4 is 10.2 Å². The third-order valence-corrected chi connectivity index (χ3v) is 5.96. The maximum absolute atomic E-state index is 13.0. The SMILES string of the molecule is Cc1c(C(=O)Oc2cccc3cccnc23)oc2c1/C(=N/NC(=O)c1ccc(Cl)cc1)CCC2. The number of hydrogen-bond donors (Lipinski definition) is 1. The Morgan fingerprint density at radius 2 is 1.88 bits per heavy atom. The van der Waals surface area contributed by atoms with E-state index in [9.17, 15) is 9.59 Å². The van der Waals surface area contributed by atoms with Crippen LogP contribution in [0.15, 0.2) is 70.3 Å². The number of rotatable bonds is 4. The van der Waals surface area contributed by atoms with Crippen LogP contribution in [-0.2, 0) is 6.42 Å². The topological polar surface area (TPSA) is 93.8 Å². The predicted octanol–water partition coefficient (Wildman–Crippen LogP) is 5.48. The molecule has 0 saturated carbocycles. The van der Waals surface area contributed by atoms with Crippen molar-refractivity contribution in [3.8, 4) is 5.75 Å². The second kappa shape index (κ2) is 9.11. The predicted molar refractivity (Wildman–Crippen MR) is 129 cm³/mol. The fourth-order valence-corrected chi connectivity index (χ4v) is 4.19. The lowest BCUT2D eigenvalue weighted by Crippen LogP contribution is -2.22. The van der Waals surface area contributed by atoms with Crippen LogP contribution in [0.1, 0.15) is 50.6 Å². The van der Waals surface area contributed by atoms with Crippen LogP contribution in [0.25, 0.3) is 10.9 Å². The zero-order valence-electron chi connectivity index (χ0n) is 18.3. The quantitative estimate of drug-likeness (QED) is 0.240. The standard InChI is InChI=1S/C26H20ClN3O4/c1-15-22-19(29-30-25(31)17-10-12-18(27)13-11-17)7-3-8-20(22)33-24(15)26(32)34-21-9-2-5-16-6-4-14-28-23(16)21/h2,4-6,9-14H,3,7-8H2,1H3,(H,30,31)/b29-19+. The minimum Gasteiger partial charge on any atom is -0.453 e. The molecule has 2 heterocycles. The highest BCUT2D eigenvalue weighted by Gasteiger charge is 2.29. The third kappa shape index (κ3) is 4.18. The van der Waals surface area contributed by atoms with Crippen molar-refractivity contribution in [1.29, 1.82) is 0 Å². The molecule has 1 amide bonds. The average Bonchev–Trinajstić information content (AvgIpc) is 3.20. The van der Waals surface area contributed by atoms with Gasteiger partial charge in [-0.1, -0.05) is 29.8 Å². The minimum atomic E-state index is -0.602. The van der Waals surface area contributed by atoms with E-state index >= 15 is 0 Å². The smallest absolute Gasteiger partial charge is 0.380 e. The number of aromatic nitrogens is 1. The molecule has 1 aliphatic carbocycles. The summed E-state index contributed by atoms with van der Waals surface area (Å²) in [5, 5.41) is 5.76. The molecule has 0 bridgehead atoms. The Balaban J connectivity index is 1.40. The van der Waals surface area contributed by atoms with Gasteiger partial charge >= 0.3 is 5.97 Å². The molecule has 0 fully saturated rings. The molecule has 34 heavy (non-hydrogen) atoms.